The number of nitrogens with one attached hydrogen (secondary N) is 2. The Balaban J connectivity index is 2.11. The van der Waals surface area contributed by atoms with Crippen molar-refractivity contribution in [3.8, 4) is 0 Å². The summed E-state index contributed by atoms with van der Waals surface area (Å²) in [5.41, 5.74) is -0.599. The van der Waals surface area contributed by atoms with E-state index in [4.69, 9.17) is 0 Å². The van der Waals surface area contributed by atoms with Gasteiger partial charge in [0.2, 0.25) is 5.91 Å². The zero-order chi connectivity index (χ0) is 13.9. The summed E-state index contributed by atoms with van der Waals surface area (Å²) < 4.78 is 0. The third-order valence-electron chi connectivity index (χ3n) is 4.11. The molecule has 1 aliphatic rings. The van der Waals surface area contributed by atoms with Crippen LogP contribution < -0.4 is 10.6 Å². The second kappa shape index (κ2) is 5.59. The predicted octanol–water partition coefficient (Wildman–Crippen LogP) is 2.27. The molecule has 0 atom stereocenters. The van der Waals surface area contributed by atoms with Gasteiger partial charge in [-0.2, -0.15) is 0 Å². The van der Waals surface area contributed by atoms with Gasteiger partial charge in [0.05, 0.1) is 11.0 Å². The minimum Gasteiger partial charge on any atom is -0.344 e. The maximum Gasteiger partial charge on any atom is 0.227 e. The van der Waals surface area contributed by atoms with Crippen molar-refractivity contribution < 1.29 is 4.79 Å². The maximum absolute atomic E-state index is 12.7. The number of hydrogen-bond donors (Lipinski definition) is 2. The fraction of sp³-hybridized carbons (Fsp3) is 0.714. The van der Waals surface area contributed by atoms with E-state index in [1.54, 1.807) is 17.5 Å². The first kappa shape index (κ1) is 14.5. The van der Waals surface area contributed by atoms with Crippen LogP contribution in [0.5, 0.6) is 0 Å². The number of carbonyl (C=O) groups excluding carboxylic acids is 1. The van der Waals surface area contributed by atoms with Gasteiger partial charge in [-0.25, -0.2) is 4.98 Å². The minimum atomic E-state index is -0.391. The van der Waals surface area contributed by atoms with Crippen LogP contribution in [0, 0.1) is 5.41 Å². The number of amides is 1. The summed E-state index contributed by atoms with van der Waals surface area (Å²) in [6, 6.07) is 0. The summed E-state index contributed by atoms with van der Waals surface area (Å²) in [4.78, 5) is 17.0. The summed E-state index contributed by atoms with van der Waals surface area (Å²) in [7, 11) is 0. The molecule has 0 unspecified atom stereocenters. The first-order valence-electron chi connectivity index (χ1n) is 6.93. The lowest BCUT2D eigenvalue weighted by Crippen LogP contribution is -2.52. The van der Waals surface area contributed by atoms with E-state index in [0.717, 1.165) is 37.4 Å². The zero-order valence-electron chi connectivity index (χ0n) is 12.0. The van der Waals surface area contributed by atoms with Crippen LogP contribution in [-0.2, 0) is 10.3 Å². The average molecular weight is 281 g/mol. The van der Waals surface area contributed by atoms with Crippen LogP contribution in [0.25, 0.3) is 0 Å². The molecule has 5 heteroatoms. The summed E-state index contributed by atoms with van der Waals surface area (Å²) in [6.45, 7) is 8.02. The molecule has 0 bridgehead atoms. The molecule has 0 aliphatic carbocycles. The van der Waals surface area contributed by atoms with Gasteiger partial charge in [0, 0.05) is 11.6 Å². The number of aromatic nitrogens is 1. The van der Waals surface area contributed by atoms with Crippen LogP contribution in [0.1, 0.15) is 45.0 Å². The summed E-state index contributed by atoms with van der Waals surface area (Å²) >= 11 is 1.59. The average Bonchev–Trinajstić information content (AvgIpc) is 2.93. The van der Waals surface area contributed by atoms with Gasteiger partial charge in [-0.1, -0.05) is 6.92 Å². The van der Waals surface area contributed by atoms with E-state index in [9.17, 15) is 4.79 Å². The molecule has 1 aromatic heterocycles. The van der Waals surface area contributed by atoms with E-state index in [0.29, 0.717) is 0 Å². The second-order valence-electron chi connectivity index (χ2n) is 5.80. The van der Waals surface area contributed by atoms with Gasteiger partial charge in [-0.3, -0.25) is 4.79 Å². The number of thiazole rings is 1. The van der Waals surface area contributed by atoms with Crippen molar-refractivity contribution in [2.45, 2.75) is 45.6 Å². The van der Waals surface area contributed by atoms with Crippen molar-refractivity contribution in [1.29, 1.82) is 0 Å². The largest absolute Gasteiger partial charge is 0.344 e. The molecule has 106 valence electrons. The van der Waals surface area contributed by atoms with Crippen molar-refractivity contribution >= 4 is 17.2 Å². The van der Waals surface area contributed by atoms with Crippen LogP contribution >= 0.6 is 11.3 Å². The Kier molecular flexibility index (Phi) is 4.26. The van der Waals surface area contributed by atoms with Crippen molar-refractivity contribution in [2.75, 3.05) is 13.1 Å². The van der Waals surface area contributed by atoms with Crippen molar-refractivity contribution in [3.63, 3.8) is 0 Å². The molecular formula is C14H23N3OS. The molecule has 2 N–H and O–H groups in total. The third kappa shape index (κ3) is 2.98. The van der Waals surface area contributed by atoms with Crippen molar-refractivity contribution in [3.05, 3.63) is 16.6 Å². The van der Waals surface area contributed by atoms with Gasteiger partial charge in [0.25, 0.3) is 0 Å². The first-order valence-corrected chi connectivity index (χ1v) is 7.81. The van der Waals surface area contributed by atoms with Crippen molar-refractivity contribution in [2.24, 2.45) is 5.41 Å². The predicted molar refractivity (Wildman–Crippen MR) is 78.1 cm³/mol. The standard InChI is InChI=1S/C14H23N3OS/c1-4-14(5-7-15-8-6-14)11(18)17-13(2,3)12-16-9-10-19-12/h9-10,15H,4-8H2,1-3H3,(H,17,18). The molecule has 1 aromatic rings. The molecular weight excluding hydrogens is 258 g/mol. The molecule has 19 heavy (non-hydrogen) atoms. The van der Waals surface area contributed by atoms with Crippen LogP contribution in [0.15, 0.2) is 11.6 Å². The molecule has 0 radical (unpaired) electrons. The highest BCUT2D eigenvalue weighted by Gasteiger charge is 2.40. The van der Waals surface area contributed by atoms with Gasteiger partial charge in [0.1, 0.15) is 5.01 Å². The minimum absolute atomic E-state index is 0.178. The summed E-state index contributed by atoms with van der Waals surface area (Å²) in [5.74, 6) is 0.178. The van der Waals surface area contributed by atoms with E-state index in [1.165, 1.54) is 0 Å². The third-order valence-corrected chi connectivity index (χ3v) is 5.21. The zero-order valence-corrected chi connectivity index (χ0v) is 12.8. The lowest BCUT2D eigenvalue weighted by atomic mass is 9.75. The normalized spacial score (nSPS) is 19.1. The molecule has 1 saturated heterocycles. The molecule has 2 heterocycles. The lowest BCUT2D eigenvalue weighted by molar-refractivity contribution is -0.134. The fourth-order valence-electron chi connectivity index (χ4n) is 2.65. The van der Waals surface area contributed by atoms with E-state index < -0.39 is 5.54 Å². The van der Waals surface area contributed by atoms with Crippen LogP contribution in [0.3, 0.4) is 0 Å². The van der Waals surface area contributed by atoms with Gasteiger partial charge in [0.15, 0.2) is 0 Å². The van der Waals surface area contributed by atoms with E-state index in [-0.39, 0.29) is 11.3 Å². The van der Waals surface area contributed by atoms with E-state index >= 15 is 0 Å². The Bertz CT molecular complexity index is 422. The Morgan fingerprint density at radius 2 is 2.21 bits per heavy atom. The molecule has 0 spiro atoms. The van der Waals surface area contributed by atoms with Crippen LogP contribution in [-0.4, -0.2) is 24.0 Å². The van der Waals surface area contributed by atoms with Crippen LogP contribution in [0.4, 0.5) is 0 Å². The van der Waals surface area contributed by atoms with Crippen LogP contribution in [0.2, 0.25) is 0 Å². The van der Waals surface area contributed by atoms with E-state index in [2.05, 4.69) is 22.5 Å². The van der Waals surface area contributed by atoms with E-state index in [1.807, 2.05) is 19.2 Å². The Morgan fingerprint density at radius 1 is 1.53 bits per heavy atom. The molecule has 0 aromatic carbocycles. The van der Waals surface area contributed by atoms with Gasteiger partial charge < -0.3 is 10.6 Å². The van der Waals surface area contributed by atoms with Gasteiger partial charge in [-0.05, 0) is 46.2 Å². The maximum atomic E-state index is 12.7. The van der Waals surface area contributed by atoms with Gasteiger partial charge >= 0.3 is 0 Å². The quantitative estimate of drug-likeness (QED) is 0.890. The molecule has 2 rings (SSSR count). The number of rotatable bonds is 4. The highest BCUT2D eigenvalue weighted by atomic mass is 32.1. The number of piperidine rings is 1. The number of nitrogens with zero attached hydrogens (tertiary/aromatic N) is 1. The monoisotopic (exact) mass is 281 g/mol. The van der Waals surface area contributed by atoms with Gasteiger partial charge in [-0.15, -0.1) is 11.3 Å². The number of carbonyl (C=O) groups is 1. The second-order valence-corrected chi connectivity index (χ2v) is 6.69. The SMILES string of the molecule is CCC1(C(=O)NC(C)(C)c2nccs2)CCNCC1. The molecule has 1 amide bonds. The Labute approximate surface area is 119 Å². The fourth-order valence-corrected chi connectivity index (χ4v) is 3.37. The molecule has 0 saturated carbocycles. The Morgan fingerprint density at radius 3 is 2.74 bits per heavy atom. The molecule has 1 aliphatic heterocycles. The molecule has 1 fully saturated rings. The Hall–Kier alpha value is -0.940. The summed E-state index contributed by atoms with van der Waals surface area (Å²) in [5, 5.41) is 9.44. The number of hydrogen-bond acceptors (Lipinski definition) is 4. The first-order chi connectivity index (χ1) is 9.00. The van der Waals surface area contributed by atoms with Crippen molar-refractivity contribution in [1.82, 2.24) is 15.6 Å². The highest BCUT2D eigenvalue weighted by Crippen LogP contribution is 2.34. The summed E-state index contributed by atoms with van der Waals surface area (Å²) in [6.07, 6.45) is 4.52. The lowest BCUT2D eigenvalue weighted by Gasteiger charge is -2.38. The highest BCUT2D eigenvalue weighted by molar-refractivity contribution is 7.09. The topological polar surface area (TPSA) is 54.0 Å². The molecule has 4 nitrogen and oxygen atoms in total. The smallest absolute Gasteiger partial charge is 0.227 e.